The van der Waals surface area contributed by atoms with Gasteiger partial charge in [-0.05, 0) is 68.8 Å². The average Bonchev–Trinajstić information content (AvgIpc) is 2.67. The van der Waals surface area contributed by atoms with E-state index in [0.29, 0.717) is 12.2 Å². The van der Waals surface area contributed by atoms with Crippen molar-refractivity contribution in [2.75, 3.05) is 31.6 Å². The molecule has 1 amide bonds. The van der Waals surface area contributed by atoms with Gasteiger partial charge in [-0.15, -0.1) is 0 Å². The van der Waals surface area contributed by atoms with Gasteiger partial charge in [0, 0.05) is 17.8 Å². The van der Waals surface area contributed by atoms with Crippen molar-refractivity contribution >= 4 is 11.6 Å². The van der Waals surface area contributed by atoms with Gasteiger partial charge in [0.2, 0.25) is 0 Å². The molecule has 0 saturated carbocycles. The van der Waals surface area contributed by atoms with Crippen LogP contribution in [0.25, 0.3) is 0 Å². The molecular weight excluding hydrogens is 312 g/mol. The highest BCUT2D eigenvalue weighted by molar-refractivity contribution is 6.04. The zero-order valence-electron chi connectivity index (χ0n) is 14.6. The molecule has 1 N–H and O–H groups in total. The lowest BCUT2D eigenvalue weighted by atomic mass is 10.1. The van der Waals surface area contributed by atoms with Crippen LogP contribution in [0.15, 0.2) is 54.6 Å². The molecule has 25 heavy (non-hydrogen) atoms. The summed E-state index contributed by atoms with van der Waals surface area (Å²) in [6.07, 6.45) is 5.06. The molecule has 0 spiro atoms. The molecule has 2 aromatic carbocycles. The van der Waals surface area contributed by atoms with Gasteiger partial charge >= 0.3 is 0 Å². The van der Waals surface area contributed by atoms with Crippen molar-refractivity contribution in [2.45, 2.75) is 25.7 Å². The van der Waals surface area contributed by atoms with Crippen LogP contribution in [-0.4, -0.2) is 37.0 Å². The maximum atomic E-state index is 12.2. The van der Waals surface area contributed by atoms with Crippen LogP contribution in [0.5, 0.6) is 5.75 Å². The molecule has 0 bridgehead atoms. The average molecular weight is 338 g/mol. The van der Waals surface area contributed by atoms with Gasteiger partial charge in [0.25, 0.3) is 5.91 Å². The van der Waals surface area contributed by atoms with E-state index in [4.69, 9.17) is 4.74 Å². The van der Waals surface area contributed by atoms with Gasteiger partial charge in [-0.3, -0.25) is 4.79 Å². The number of para-hydroxylation sites is 1. The molecule has 1 heterocycles. The van der Waals surface area contributed by atoms with E-state index in [0.717, 1.165) is 24.4 Å². The Bertz CT molecular complexity index is 649. The van der Waals surface area contributed by atoms with Crippen molar-refractivity contribution in [3.8, 4) is 5.75 Å². The van der Waals surface area contributed by atoms with E-state index in [1.165, 1.54) is 32.4 Å². The predicted octanol–water partition coefficient (Wildman–Crippen LogP) is 4.19. The van der Waals surface area contributed by atoms with Gasteiger partial charge in [0.1, 0.15) is 5.75 Å². The Labute approximate surface area is 149 Å². The third kappa shape index (κ3) is 5.61. The van der Waals surface area contributed by atoms with Crippen molar-refractivity contribution in [3.63, 3.8) is 0 Å². The normalized spacial score (nSPS) is 14.9. The van der Waals surface area contributed by atoms with Gasteiger partial charge in [-0.25, -0.2) is 0 Å². The van der Waals surface area contributed by atoms with Gasteiger partial charge in [0.15, 0.2) is 0 Å². The van der Waals surface area contributed by atoms with E-state index in [9.17, 15) is 4.79 Å². The molecule has 0 atom stereocenters. The Hall–Kier alpha value is -2.33. The Balaban J connectivity index is 1.41. The molecule has 4 nitrogen and oxygen atoms in total. The molecule has 3 rings (SSSR count). The van der Waals surface area contributed by atoms with E-state index in [1.54, 1.807) is 12.1 Å². The Morgan fingerprint density at radius 1 is 0.960 bits per heavy atom. The third-order valence-corrected chi connectivity index (χ3v) is 4.48. The topological polar surface area (TPSA) is 41.6 Å². The maximum Gasteiger partial charge on any atom is 0.255 e. The summed E-state index contributed by atoms with van der Waals surface area (Å²) in [6, 6.07) is 16.8. The lowest BCUT2D eigenvalue weighted by Crippen LogP contribution is -2.31. The number of anilines is 1. The fourth-order valence-corrected chi connectivity index (χ4v) is 3.09. The number of amides is 1. The van der Waals surface area contributed by atoms with Crippen LogP contribution in [0.1, 0.15) is 36.0 Å². The highest BCUT2D eigenvalue weighted by Gasteiger charge is 2.09. The first-order chi connectivity index (χ1) is 12.3. The summed E-state index contributed by atoms with van der Waals surface area (Å²) < 4.78 is 5.79. The van der Waals surface area contributed by atoms with E-state index in [-0.39, 0.29) is 5.91 Å². The SMILES string of the molecule is O=C(Nc1ccccc1)c1ccc(OCCCN2CCCCC2)cc1. The summed E-state index contributed by atoms with van der Waals surface area (Å²) >= 11 is 0. The van der Waals surface area contributed by atoms with Crippen LogP contribution in [-0.2, 0) is 0 Å². The number of benzene rings is 2. The second kappa shape index (κ2) is 9.23. The second-order valence-corrected chi connectivity index (χ2v) is 6.45. The van der Waals surface area contributed by atoms with Crippen LogP contribution in [0, 0.1) is 0 Å². The monoisotopic (exact) mass is 338 g/mol. The summed E-state index contributed by atoms with van der Waals surface area (Å²) in [5, 5.41) is 2.88. The maximum absolute atomic E-state index is 12.2. The first-order valence-corrected chi connectivity index (χ1v) is 9.13. The van der Waals surface area contributed by atoms with E-state index in [2.05, 4.69) is 10.2 Å². The summed E-state index contributed by atoms with van der Waals surface area (Å²) in [5.41, 5.74) is 1.43. The number of carbonyl (C=O) groups excluding carboxylic acids is 1. The second-order valence-electron chi connectivity index (χ2n) is 6.45. The lowest BCUT2D eigenvalue weighted by Gasteiger charge is -2.26. The molecule has 0 aromatic heterocycles. The summed E-state index contributed by atoms with van der Waals surface area (Å²) in [4.78, 5) is 14.7. The molecule has 1 aliphatic heterocycles. The molecule has 0 aliphatic carbocycles. The number of rotatable bonds is 7. The summed E-state index contributed by atoms with van der Waals surface area (Å²) in [7, 11) is 0. The molecule has 1 saturated heterocycles. The van der Waals surface area contributed by atoms with E-state index in [1.807, 2.05) is 42.5 Å². The molecule has 2 aromatic rings. The van der Waals surface area contributed by atoms with Crippen molar-refractivity contribution in [1.29, 1.82) is 0 Å². The molecule has 4 heteroatoms. The molecule has 1 fully saturated rings. The smallest absolute Gasteiger partial charge is 0.255 e. The van der Waals surface area contributed by atoms with Gasteiger partial charge in [-0.2, -0.15) is 0 Å². The molecule has 0 unspecified atom stereocenters. The number of carbonyl (C=O) groups is 1. The number of hydrogen-bond donors (Lipinski definition) is 1. The van der Waals surface area contributed by atoms with Gasteiger partial charge in [-0.1, -0.05) is 24.6 Å². The van der Waals surface area contributed by atoms with Crippen LogP contribution in [0.2, 0.25) is 0 Å². The zero-order chi connectivity index (χ0) is 17.3. The number of nitrogens with zero attached hydrogens (tertiary/aromatic N) is 1. The van der Waals surface area contributed by atoms with Crippen molar-refractivity contribution in [3.05, 3.63) is 60.2 Å². The Morgan fingerprint density at radius 2 is 1.68 bits per heavy atom. The van der Waals surface area contributed by atoms with Crippen molar-refractivity contribution in [1.82, 2.24) is 4.90 Å². The Kier molecular flexibility index (Phi) is 6.46. The fraction of sp³-hybridized carbons (Fsp3) is 0.381. The summed E-state index contributed by atoms with van der Waals surface area (Å²) in [5.74, 6) is 0.706. The Morgan fingerprint density at radius 3 is 2.40 bits per heavy atom. The van der Waals surface area contributed by atoms with Crippen LogP contribution < -0.4 is 10.1 Å². The lowest BCUT2D eigenvalue weighted by molar-refractivity contribution is 0.102. The van der Waals surface area contributed by atoms with Crippen molar-refractivity contribution < 1.29 is 9.53 Å². The number of hydrogen-bond acceptors (Lipinski definition) is 3. The summed E-state index contributed by atoms with van der Waals surface area (Å²) in [6.45, 7) is 4.28. The zero-order valence-corrected chi connectivity index (χ0v) is 14.6. The first-order valence-electron chi connectivity index (χ1n) is 9.13. The predicted molar refractivity (Wildman–Crippen MR) is 101 cm³/mol. The quantitative estimate of drug-likeness (QED) is 0.770. The van der Waals surface area contributed by atoms with Crippen LogP contribution >= 0.6 is 0 Å². The minimum Gasteiger partial charge on any atom is -0.494 e. The highest BCUT2D eigenvalue weighted by atomic mass is 16.5. The number of nitrogens with one attached hydrogen (secondary N) is 1. The van der Waals surface area contributed by atoms with Crippen LogP contribution in [0.4, 0.5) is 5.69 Å². The molecule has 0 radical (unpaired) electrons. The van der Waals surface area contributed by atoms with E-state index < -0.39 is 0 Å². The number of ether oxygens (including phenoxy) is 1. The highest BCUT2D eigenvalue weighted by Crippen LogP contribution is 2.15. The van der Waals surface area contributed by atoms with Crippen molar-refractivity contribution in [2.24, 2.45) is 0 Å². The number of piperidine rings is 1. The number of likely N-dealkylation sites (tertiary alicyclic amines) is 1. The minimum atomic E-state index is -0.108. The standard InChI is InChI=1S/C21H26N2O2/c24-21(22-19-8-3-1-4-9-19)18-10-12-20(13-11-18)25-17-7-16-23-14-5-2-6-15-23/h1,3-4,8-13H,2,5-7,14-17H2,(H,22,24). The largest absolute Gasteiger partial charge is 0.494 e. The first kappa shape index (κ1) is 17.5. The minimum absolute atomic E-state index is 0.108. The van der Waals surface area contributed by atoms with Gasteiger partial charge in [0.05, 0.1) is 6.61 Å². The van der Waals surface area contributed by atoms with E-state index >= 15 is 0 Å². The van der Waals surface area contributed by atoms with Gasteiger partial charge < -0.3 is 15.0 Å². The molecule has 132 valence electrons. The molecular formula is C21H26N2O2. The fourth-order valence-electron chi connectivity index (χ4n) is 3.09. The van der Waals surface area contributed by atoms with Crippen LogP contribution in [0.3, 0.4) is 0 Å². The molecule has 1 aliphatic rings. The third-order valence-electron chi connectivity index (χ3n) is 4.48.